The normalized spacial score (nSPS) is 18.9. The highest BCUT2D eigenvalue weighted by molar-refractivity contribution is 6.10. The number of methoxy groups -OCH3 is 1. The molecule has 9 heteroatoms. The SMILES string of the molecule is CN=C/C(=C\N)c1nc(-c2ccc(C3CCOCC3)c(C3CCCN3C=O)c2)cnc1N.COC(C)(C)C. The Bertz CT molecular complexity index is 1140. The number of amides is 1. The molecule has 0 aliphatic carbocycles. The van der Waals surface area contributed by atoms with Crippen LogP contribution in [0.15, 0.2) is 35.6 Å². The van der Waals surface area contributed by atoms with Crippen molar-refractivity contribution in [1.82, 2.24) is 14.9 Å². The van der Waals surface area contributed by atoms with E-state index >= 15 is 0 Å². The third kappa shape index (κ3) is 7.39. The van der Waals surface area contributed by atoms with Crippen molar-refractivity contribution < 1.29 is 14.3 Å². The molecule has 2 aliphatic rings. The number of hydrogen-bond acceptors (Lipinski definition) is 8. The molecular weight excluding hydrogens is 480 g/mol. The Balaban J connectivity index is 0.000000599. The van der Waals surface area contributed by atoms with Gasteiger partial charge in [0.05, 0.1) is 23.5 Å². The molecule has 1 unspecified atom stereocenters. The maximum absolute atomic E-state index is 11.7. The summed E-state index contributed by atoms with van der Waals surface area (Å²) in [6.07, 6.45) is 9.65. The van der Waals surface area contributed by atoms with E-state index in [1.165, 1.54) is 17.3 Å². The number of allylic oxidation sites excluding steroid dienone is 1. The number of nitrogen functional groups attached to an aromatic ring is 1. The fraction of sp³-hybridized carbons (Fsp3) is 0.517. The standard InChI is InChI=1S/C24H30N6O2.C5H12O/c1-27-13-18(12-25)23-24(26)28-14-21(29-23)17-4-5-19(16-6-9-32-10-7-16)20(11-17)22-3-2-8-30(22)15-31;1-5(2,3)6-4/h4-5,11-16,22H,2-3,6-10,25H2,1H3,(H2,26,28);1-4H3/b18-12+,27-13?;. The van der Waals surface area contributed by atoms with Crippen LogP contribution in [0.5, 0.6) is 0 Å². The van der Waals surface area contributed by atoms with E-state index in [1.54, 1.807) is 26.6 Å². The zero-order valence-corrected chi connectivity index (χ0v) is 23.3. The average Bonchev–Trinajstić information content (AvgIpc) is 3.41. The molecule has 0 saturated carbocycles. The van der Waals surface area contributed by atoms with Gasteiger partial charge in [-0.05, 0) is 69.6 Å². The van der Waals surface area contributed by atoms with E-state index in [4.69, 9.17) is 25.9 Å². The average molecular weight is 523 g/mol. The maximum Gasteiger partial charge on any atom is 0.210 e. The second kappa shape index (κ2) is 13.5. The van der Waals surface area contributed by atoms with Gasteiger partial charge in [0.15, 0.2) is 0 Å². The number of nitrogens with zero attached hydrogens (tertiary/aromatic N) is 4. The molecule has 206 valence electrons. The van der Waals surface area contributed by atoms with E-state index in [-0.39, 0.29) is 11.6 Å². The van der Waals surface area contributed by atoms with E-state index in [9.17, 15) is 4.79 Å². The van der Waals surface area contributed by atoms with E-state index < -0.39 is 0 Å². The molecule has 2 aliphatic heterocycles. The summed E-state index contributed by atoms with van der Waals surface area (Å²) in [6.45, 7) is 8.40. The second-order valence-corrected chi connectivity index (χ2v) is 10.5. The van der Waals surface area contributed by atoms with Crippen LogP contribution in [0.25, 0.3) is 16.8 Å². The molecule has 2 saturated heterocycles. The van der Waals surface area contributed by atoms with Gasteiger partial charge in [0.1, 0.15) is 11.5 Å². The molecule has 9 nitrogen and oxygen atoms in total. The summed E-state index contributed by atoms with van der Waals surface area (Å²) in [5.41, 5.74) is 17.1. The van der Waals surface area contributed by atoms with Crippen molar-refractivity contribution in [2.24, 2.45) is 10.7 Å². The number of carbonyl (C=O) groups is 1. The summed E-state index contributed by atoms with van der Waals surface area (Å²) < 4.78 is 10.5. The number of anilines is 1. The molecule has 4 rings (SSSR count). The smallest absolute Gasteiger partial charge is 0.210 e. The number of ether oxygens (including phenoxy) is 2. The predicted octanol–water partition coefficient (Wildman–Crippen LogP) is 4.34. The summed E-state index contributed by atoms with van der Waals surface area (Å²) >= 11 is 0. The minimum atomic E-state index is 0.0417. The summed E-state index contributed by atoms with van der Waals surface area (Å²) in [7, 11) is 3.37. The van der Waals surface area contributed by atoms with Gasteiger partial charge < -0.3 is 25.8 Å². The Morgan fingerprint density at radius 1 is 1.21 bits per heavy atom. The molecule has 38 heavy (non-hydrogen) atoms. The minimum absolute atomic E-state index is 0.0417. The molecule has 1 atom stereocenters. The number of likely N-dealkylation sites (tertiary alicyclic amines) is 1. The molecule has 0 bridgehead atoms. The van der Waals surface area contributed by atoms with Crippen molar-refractivity contribution in [2.75, 3.05) is 39.6 Å². The molecule has 0 radical (unpaired) electrons. The van der Waals surface area contributed by atoms with Crippen molar-refractivity contribution >= 4 is 24.0 Å². The minimum Gasteiger partial charge on any atom is -0.404 e. The number of benzene rings is 1. The number of nitrogens with two attached hydrogens (primary N) is 2. The highest BCUT2D eigenvalue weighted by atomic mass is 16.5. The van der Waals surface area contributed by atoms with Crippen LogP contribution in [-0.2, 0) is 14.3 Å². The van der Waals surface area contributed by atoms with Crippen molar-refractivity contribution in [3.05, 3.63) is 47.4 Å². The van der Waals surface area contributed by atoms with Crippen LogP contribution < -0.4 is 11.5 Å². The first kappa shape index (κ1) is 29.3. The van der Waals surface area contributed by atoms with Crippen LogP contribution in [0.1, 0.15) is 75.2 Å². The van der Waals surface area contributed by atoms with E-state index in [1.807, 2.05) is 25.7 Å². The summed E-state index contributed by atoms with van der Waals surface area (Å²) in [5, 5.41) is 0. The molecule has 1 aromatic carbocycles. The second-order valence-electron chi connectivity index (χ2n) is 10.5. The lowest BCUT2D eigenvalue weighted by molar-refractivity contribution is -0.118. The fourth-order valence-corrected chi connectivity index (χ4v) is 4.72. The lowest BCUT2D eigenvalue weighted by Gasteiger charge is -2.29. The summed E-state index contributed by atoms with van der Waals surface area (Å²) in [6, 6.07) is 6.52. The highest BCUT2D eigenvalue weighted by Gasteiger charge is 2.30. The Hall–Kier alpha value is -3.30. The molecule has 2 aromatic rings. The molecule has 3 heterocycles. The Morgan fingerprint density at radius 3 is 2.53 bits per heavy atom. The van der Waals surface area contributed by atoms with Crippen LogP contribution in [0, 0.1) is 0 Å². The van der Waals surface area contributed by atoms with Gasteiger partial charge in [0.2, 0.25) is 6.41 Å². The molecule has 2 fully saturated rings. The number of aromatic nitrogens is 2. The van der Waals surface area contributed by atoms with E-state index in [0.29, 0.717) is 28.7 Å². The van der Waals surface area contributed by atoms with Crippen LogP contribution in [0.2, 0.25) is 0 Å². The number of carbonyl (C=O) groups excluding carboxylic acids is 1. The zero-order chi connectivity index (χ0) is 27.7. The molecular formula is C29H42N6O3. The topological polar surface area (TPSA) is 129 Å². The molecule has 1 amide bonds. The third-order valence-electron chi connectivity index (χ3n) is 6.97. The Morgan fingerprint density at radius 2 is 1.92 bits per heavy atom. The van der Waals surface area contributed by atoms with Crippen LogP contribution in [-0.4, -0.2) is 67.0 Å². The maximum atomic E-state index is 11.7. The number of aliphatic imine (C=N–C) groups is 1. The van der Waals surface area contributed by atoms with Gasteiger partial charge in [-0.1, -0.05) is 12.1 Å². The number of rotatable bonds is 6. The Kier molecular flexibility index (Phi) is 10.4. The van der Waals surface area contributed by atoms with Crippen molar-refractivity contribution in [1.29, 1.82) is 0 Å². The van der Waals surface area contributed by atoms with Gasteiger partial charge in [0.25, 0.3) is 0 Å². The van der Waals surface area contributed by atoms with Gasteiger partial charge in [-0.2, -0.15) is 0 Å². The van der Waals surface area contributed by atoms with Crippen LogP contribution in [0.4, 0.5) is 5.82 Å². The first-order chi connectivity index (χ1) is 18.2. The van der Waals surface area contributed by atoms with Crippen molar-refractivity contribution in [3.8, 4) is 11.3 Å². The third-order valence-corrected chi connectivity index (χ3v) is 6.97. The molecule has 0 spiro atoms. The van der Waals surface area contributed by atoms with Crippen LogP contribution >= 0.6 is 0 Å². The molecule has 4 N–H and O–H groups in total. The van der Waals surface area contributed by atoms with Gasteiger partial charge in [0, 0.05) is 57.5 Å². The first-order valence-electron chi connectivity index (χ1n) is 13.2. The van der Waals surface area contributed by atoms with Crippen LogP contribution in [0.3, 0.4) is 0 Å². The predicted molar refractivity (Wildman–Crippen MR) is 153 cm³/mol. The largest absolute Gasteiger partial charge is 0.404 e. The summed E-state index contributed by atoms with van der Waals surface area (Å²) in [4.78, 5) is 26.8. The summed E-state index contributed by atoms with van der Waals surface area (Å²) in [5.74, 6) is 0.731. The van der Waals surface area contributed by atoms with Gasteiger partial charge in [-0.3, -0.25) is 9.79 Å². The fourth-order valence-electron chi connectivity index (χ4n) is 4.72. The van der Waals surface area contributed by atoms with E-state index in [2.05, 4.69) is 28.2 Å². The van der Waals surface area contributed by atoms with Crippen molar-refractivity contribution in [3.63, 3.8) is 0 Å². The van der Waals surface area contributed by atoms with Crippen molar-refractivity contribution in [2.45, 2.75) is 64.0 Å². The first-order valence-corrected chi connectivity index (χ1v) is 13.2. The van der Waals surface area contributed by atoms with Gasteiger partial charge in [-0.15, -0.1) is 0 Å². The monoisotopic (exact) mass is 522 g/mol. The molecule has 1 aromatic heterocycles. The van der Waals surface area contributed by atoms with Gasteiger partial charge >= 0.3 is 0 Å². The lowest BCUT2D eigenvalue weighted by atomic mass is 9.84. The lowest BCUT2D eigenvalue weighted by Crippen LogP contribution is -2.24. The quantitative estimate of drug-likeness (QED) is 0.426. The highest BCUT2D eigenvalue weighted by Crippen LogP contribution is 2.40. The number of hydrogen-bond donors (Lipinski definition) is 2. The zero-order valence-electron chi connectivity index (χ0n) is 23.3. The van der Waals surface area contributed by atoms with E-state index in [0.717, 1.165) is 57.4 Å². The Labute approximate surface area is 226 Å². The van der Waals surface area contributed by atoms with Gasteiger partial charge in [-0.25, -0.2) is 9.97 Å².